The lowest BCUT2D eigenvalue weighted by Gasteiger charge is -2.16. The predicted molar refractivity (Wildman–Crippen MR) is 90.3 cm³/mol. The van der Waals surface area contributed by atoms with Crippen molar-refractivity contribution < 1.29 is 14.7 Å². The van der Waals surface area contributed by atoms with Crippen molar-refractivity contribution in [1.82, 2.24) is 9.88 Å². The minimum absolute atomic E-state index is 0.217. The Balaban J connectivity index is 1.99. The van der Waals surface area contributed by atoms with Crippen molar-refractivity contribution in [1.29, 1.82) is 0 Å². The quantitative estimate of drug-likeness (QED) is 0.825. The van der Waals surface area contributed by atoms with E-state index in [1.54, 1.807) is 0 Å². The van der Waals surface area contributed by atoms with Gasteiger partial charge in [0.1, 0.15) is 6.04 Å². The average Bonchev–Trinajstić information content (AvgIpc) is 2.81. The van der Waals surface area contributed by atoms with Crippen molar-refractivity contribution >= 4 is 22.8 Å². The second-order valence-electron chi connectivity index (χ2n) is 6.37. The van der Waals surface area contributed by atoms with Crippen molar-refractivity contribution in [2.45, 2.75) is 39.2 Å². The molecule has 0 aliphatic carbocycles. The fraction of sp³-hybridized carbons (Fsp3) is 0.444. The van der Waals surface area contributed by atoms with Crippen LogP contribution in [-0.2, 0) is 23.1 Å². The molecular formula is C18H24N2O3. The summed E-state index contributed by atoms with van der Waals surface area (Å²) in [7, 11) is 1.98. The molecule has 1 aromatic carbocycles. The Bertz CT molecular complexity index is 703. The number of carbonyl (C=O) groups is 2. The Morgan fingerprint density at radius 2 is 1.96 bits per heavy atom. The minimum Gasteiger partial charge on any atom is -0.480 e. The molecule has 0 unspecified atom stereocenters. The molecule has 2 aromatic rings. The second kappa shape index (κ2) is 7.31. The number of nitrogens with zero attached hydrogens (tertiary/aromatic N) is 1. The molecule has 1 amide bonds. The summed E-state index contributed by atoms with van der Waals surface area (Å²) in [6.07, 6.45) is 3.35. The summed E-state index contributed by atoms with van der Waals surface area (Å²) in [5, 5.41) is 12.9. The number of hydrogen-bond donors (Lipinski definition) is 2. The number of hydrogen-bond acceptors (Lipinski definition) is 2. The number of para-hydroxylation sites is 1. The van der Waals surface area contributed by atoms with Gasteiger partial charge >= 0.3 is 5.97 Å². The summed E-state index contributed by atoms with van der Waals surface area (Å²) in [4.78, 5) is 23.3. The number of benzene rings is 1. The summed E-state index contributed by atoms with van der Waals surface area (Å²) in [6.45, 7) is 3.89. The third-order valence-corrected chi connectivity index (χ3v) is 3.94. The second-order valence-corrected chi connectivity index (χ2v) is 6.37. The van der Waals surface area contributed by atoms with Gasteiger partial charge in [-0.25, -0.2) is 4.79 Å². The third-order valence-electron chi connectivity index (χ3n) is 3.94. The van der Waals surface area contributed by atoms with E-state index in [4.69, 9.17) is 0 Å². The number of aliphatic carboxylic acids is 1. The van der Waals surface area contributed by atoms with Crippen molar-refractivity contribution in [3.05, 3.63) is 36.0 Å². The molecule has 1 heterocycles. The molecule has 2 rings (SSSR count). The van der Waals surface area contributed by atoms with Crippen LogP contribution in [-0.4, -0.2) is 27.6 Å². The van der Waals surface area contributed by atoms with Crippen LogP contribution >= 0.6 is 0 Å². The normalized spacial score (nSPS) is 12.5. The first-order valence-electron chi connectivity index (χ1n) is 7.93. The van der Waals surface area contributed by atoms with E-state index < -0.39 is 12.0 Å². The highest BCUT2D eigenvalue weighted by molar-refractivity contribution is 5.86. The zero-order chi connectivity index (χ0) is 17.0. The number of carboxylic acid groups (broad SMARTS) is 1. The van der Waals surface area contributed by atoms with Crippen LogP contribution in [0.15, 0.2) is 30.5 Å². The summed E-state index contributed by atoms with van der Waals surface area (Å²) in [6, 6.07) is 7.25. The van der Waals surface area contributed by atoms with Gasteiger partial charge in [0.25, 0.3) is 0 Å². The number of amides is 1. The minimum atomic E-state index is -0.975. The summed E-state index contributed by atoms with van der Waals surface area (Å²) in [5.41, 5.74) is 2.24. The number of rotatable bonds is 7. The molecule has 0 saturated carbocycles. The Morgan fingerprint density at radius 3 is 2.61 bits per heavy atom. The zero-order valence-corrected chi connectivity index (χ0v) is 13.9. The monoisotopic (exact) mass is 316 g/mol. The standard InChI is InChI=1S/C18H24N2O3/c1-12(2)10-15(18(22)23)19-17(21)9-8-13-11-20(3)16-7-5-4-6-14(13)16/h4-7,11-12,15H,8-10H2,1-3H3,(H,19,21)(H,22,23)/t15-/m0/s1. The molecule has 0 radical (unpaired) electrons. The Hall–Kier alpha value is -2.30. The highest BCUT2D eigenvalue weighted by Crippen LogP contribution is 2.21. The van der Waals surface area contributed by atoms with Gasteiger partial charge < -0.3 is 15.0 Å². The molecule has 0 fully saturated rings. The first-order chi connectivity index (χ1) is 10.9. The SMILES string of the molecule is CC(C)C[C@H](NC(=O)CCc1cn(C)c2ccccc12)C(=O)O. The van der Waals surface area contributed by atoms with E-state index in [0.717, 1.165) is 16.5 Å². The average molecular weight is 316 g/mol. The maximum Gasteiger partial charge on any atom is 0.326 e. The van der Waals surface area contributed by atoms with Crippen LogP contribution in [0.25, 0.3) is 10.9 Å². The fourth-order valence-corrected chi connectivity index (χ4v) is 2.83. The zero-order valence-electron chi connectivity index (χ0n) is 13.9. The number of fused-ring (bicyclic) bond motifs is 1. The van der Waals surface area contributed by atoms with E-state index in [2.05, 4.69) is 5.32 Å². The number of carboxylic acids is 1. The maximum absolute atomic E-state index is 12.1. The number of aryl methyl sites for hydroxylation is 2. The smallest absolute Gasteiger partial charge is 0.326 e. The van der Waals surface area contributed by atoms with Crippen LogP contribution in [0.1, 0.15) is 32.3 Å². The number of nitrogens with one attached hydrogen (secondary N) is 1. The van der Waals surface area contributed by atoms with Gasteiger partial charge in [0, 0.05) is 30.6 Å². The number of aromatic nitrogens is 1. The van der Waals surface area contributed by atoms with Gasteiger partial charge in [0.05, 0.1) is 0 Å². The first kappa shape index (κ1) is 17.1. The van der Waals surface area contributed by atoms with Crippen LogP contribution in [0.5, 0.6) is 0 Å². The van der Waals surface area contributed by atoms with Gasteiger partial charge in [-0.3, -0.25) is 4.79 Å². The highest BCUT2D eigenvalue weighted by atomic mass is 16.4. The van der Waals surface area contributed by atoms with Crippen LogP contribution < -0.4 is 5.32 Å². The van der Waals surface area contributed by atoms with Gasteiger partial charge in [0.2, 0.25) is 5.91 Å². The topological polar surface area (TPSA) is 71.3 Å². The summed E-state index contributed by atoms with van der Waals surface area (Å²) in [5.74, 6) is -0.974. The van der Waals surface area contributed by atoms with E-state index in [0.29, 0.717) is 12.8 Å². The van der Waals surface area contributed by atoms with Crippen molar-refractivity contribution in [2.24, 2.45) is 13.0 Å². The lowest BCUT2D eigenvalue weighted by molar-refractivity contribution is -0.142. The highest BCUT2D eigenvalue weighted by Gasteiger charge is 2.21. The third kappa shape index (κ3) is 4.34. The first-order valence-corrected chi connectivity index (χ1v) is 7.93. The maximum atomic E-state index is 12.1. The molecule has 5 heteroatoms. The Morgan fingerprint density at radius 1 is 1.26 bits per heavy atom. The molecule has 5 nitrogen and oxygen atoms in total. The summed E-state index contributed by atoms with van der Waals surface area (Å²) < 4.78 is 2.04. The van der Waals surface area contributed by atoms with Crippen molar-refractivity contribution in [2.75, 3.05) is 0 Å². The Kier molecular flexibility index (Phi) is 5.42. The molecular weight excluding hydrogens is 292 g/mol. The van der Waals surface area contributed by atoms with Crippen LogP contribution in [0.2, 0.25) is 0 Å². The lowest BCUT2D eigenvalue weighted by atomic mass is 10.0. The van der Waals surface area contributed by atoms with Crippen LogP contribution in [0.4, 0.5) is 0 Å². The molecule has 23 heavy (non-hydrogen) atoms. The van der Waals surface area contributed by atoms with Gasteiger partial charge in [-0.1, -0.05) is 32.0 Å². The van der Waals surface area contributed by atoms with Crippen molar-refractivity contribution in [3.8, 4) is 0 Å². The van der Waals surface area contributed by atoms with E-state index in [1.807, 2.05) is 55.9 Å². The van der Waals surface area contributed by atoms with Crippen LogP contribution in [0.3, 0.4) is 0 Å². The van der Waals surface area contributed by atoms with Gasteiger partial charge in [-0.2, -0.15) is 0 Å². The molecule has 0 saturated heterocycles. The molecule has 2 N–H and O–H groups in total. The van der Waals surface area contributed by atoms with E-state index in [-0.39, 0.29) is 18.2 Å². The Labute approximate surface area is 136 Å². The van der Waals surface area contributed by atoms with Crippen molar-refractivity contribution in [3.63, 3.8) is 0 Å². The van der Waals surface area contributed by atoms with Gasteiger partial charge in [-0.05, 0) is 30.4 Å². The molecule has 0 spiro atoms. The largest absolute Gasteiger partial charge is 0.480 e. The van der Waals surface area contributed by atoms with E-state index in [1.165, 1.54) is 0 Å². The lowest BCUT2D eigenvalue weighted by Crippen LogP contribution is -2.41. The van der Waals surface area contributed by atoms with Gasteiger partial charge in [-0.15, -0.1) is 0 Å². The molecule has 1 aromatic heterocycles. The molecule has 0 bridgehead atoms. The molecule has 0 aliphatic heterocycles. The molecule has 1 atom stereocenters. The molecule has 124 valence electrons. The number of carbonyl (C=O) groups excluding carboxylic acids is 1. The molecule has 0 aliphatic rings. The van der Waals surface area contributed by atoms with Gasteiger partial charge in [0.15, 0.2) is 0 Å². The van der Waals surface area contributed by atoms with Crippen LogP contribution in [0, 0.1) is 5.92 Å². The predicted octanol–water partition coefficient (Wildman–Crippen LogP) is 2.73. The summed E-state index contributed by atoms with van der Waals surface area (Å²) >= 11 is 0. The van der Waals surface area contributed by atoms with E-state index >= 15 is 0 Å². The van der Waals surface area contributed by atoms with E-state index in [9.17, 15) is 14.7 Å². The fourth-order valence-electron chi connectivity index (χ4n) is 2.83.